The first-order valence-corrected chi connectivity index (χ1v) is 7.50. The van der Waals surface area contributed by atoms with Crippen molar-refractivity contribution in [3.05, 3.63) is 46.2 Å². The van der Waals surface area contributed by atoms with Crippen molar-refractivity contribution in [2.45, 2.75) is 32.9 Å². The van der Waals surface area contributed by atoms with Gasteiger partial charge in [0, 0.05) is 29.0 Å². The second kappa shape index (κ2) is 6.95. The number of aryl methyl sites for hydroxylation is 1. The predicted molar refractivity (Wildman–Crippen MR) is 79.9 cm³/mol. The van der Waals surface area contributed by atoms with E-state index in [4.69, 9.17) is 0 Å². The number of benzene rings is 1. The second-order valence-electron chi connectivity index (χ2n) is 4.47. The maximum atomic E-state index is 14.1. The Morgan fingerprint density at radius 3 is 2.85 bits per heavy atom. The van der Waals surface area contributed by atoms with Crippen molar-refractivity contribution < 1.29 is 4.39 Å². The molecule has 1 aromatic heterocycles. The van der Waals surface area contributed by atoms with Gasteiger partial charge in [-0.2, -0.15) is 5.10 Å². The molecular weight excluding hydrogens is 323 g/mol. The van der Waals surface area contributed by atoms with Crippen LogP contribution in [-0.2, 0) is 13.0 Å². The van der Waals surface area contributed by atoms with Gasteiger partial charge in [0.2, 0.25) is 0 Å². The molecule has 0 aliphatic heterocycles. The van der Waals surface area contributed by atoms with E-state index >= 15 is 0 Å². The highest BCUT2D eigenvalue weighted by molar-refractivity contribution is 9.10. The van der Waals surface area contributed by atoms with Crippen LogP contribution in [-0.4, -0.2) is 21.3 Å². The molecule has 1 heterocycles. The van der Waals surface area contributed by atoms with Crippen molar-refractivity contribution in [1.29, 1.82) is 0 Å². The lowest BCUT2D eigenvalue weighted by Gasteiger charge is -2.19. The number of likely N-dealkylation sites (N-methyl/N-ethyl adjacent to an activating group) is 1. The normalized spacial score (nSPS) is 12.6. The summed E-state index contributed by atoms with van der Waals surface area (Å²) in [6, 6.07) is 5.04. The van der Waals surface area contributed by atoms with Gasteiger partial charge in [0.25, 0.3) is 0 Å². The van der Waals surface area contributed by atoms with Gasteiger partial charge < -0.3 is 5.32 Å². The SMILES string of the molecule is CCNC(Cc1ncnn1CC)c1ccc(Br)cc1F. The number of hydrogen-bond donors (Lipinski definition) is 1. The molecule has 1 N–H and O–H groups in total. The Labute approximate surface area is 126 Å². The maximum absolute atomic E-state index is 14.1. The average molecular weight is 341 g/mol. The van der Waals surface area contributed by atoms with Gasteiger partial charge in [-0.25, -0.2) is 9.37 Å². The van der Waals surface area contributed by atoms with Gasteiger partial charge in [0.05, 0.1) is 0 Å². The van der Waals surface area contributed by atoms with Gasteiger partial charge >= 0.3 is 0 Å². The molecule has 0 saturated heterocycles. The minimum Gasteiger partial charge on any atom is -0.310 e. The van der Waals surface area contributed by atoms with Crippen molar-refractivity contribution in [2.24, 2.45) is 0 Å². The first-order valence-electron chi connectivity index (χ1n) is 6.70. The molecule has 6 heteroatoms. The Morgan fingerprint density at radius 1 is 1.40 bits per heavy atom. The third kappa shape index (κ3) is 3.43. The molecule has 1 aromatic carbocycles. The van der Waals surface area contributed by atoms with Crippen LogP contribution in [0, 0.1) is 5.82 Å². The first kappa shape index (κ1) is 15.1. The summed E-state index contributed by atoms with van der Waals surface area (Å²) in [6.07, 6.45) is 2.15. The summed E-state index contributed by atoms with van der Waals surface area (Å²) in [5, 5.41) is 7.47. The van der Waals surface area contributed by atoms with E-state index in [2.05, 4.69) is 31.3 Å². The summed E-state index contributed by atoms with van der Waals surface area (Å²) in [5.41, 5.74) is 0.653. The molecule has 0 aliphatic rings. The van der Waals surface area contributed by atoms with Crippen LogP contribution in [0.3, 0.4) is 0 Å². The van der Waals surface area contributed by atoms with Crippen molar-refractivity contribution in [3.8, 4) is 0 Å². The molecular formula is C14H18BrFN4. The lowest BCUT2D eigenvalue weighted by molar-refractivity contribution is 0.484. The summed E-state index contributed by atoms with van der Waals surface area (Å²) in [4.78, 5) is 4.26. The van der Waals surface area contributed by atoms with E-state index in [0.29, 0.717) is 12.0 Å². The fourth-order valence-corrected chi connectivity index (χ4v) is 2.55. The number of nitrogens with one attached hydrogen (secondary N) is 1. The second-order valence-corrected chi connectivity index (χ2v) is 5.39. The van der Waals surface area contributed by atoms with Gasteiger partial charge in [-0.3, -0.25) is 4.68 Å². The van der Waals surface area contributed by atoms with Crippen LogP contribution in [0.5, 0.6) is 0 Å². The van der Waals surface area contributed by atoms with Crippen LogP contribution >= 0.6 is 15.9 Å². The largest absolute Gasteiger partial charge is 0.310 e. The van der Waals surface area contributed by atoms with Gasteiger partial charge in [-0.05, 0) is 25.6 Å². The molecule has 4 nitrogen and oxygen atoms in total. The van der Waals surface area contributed by atoms with E-state index in [-0.39, 0.29) is 11.9 Å². The Kier molecular flexibility index (Phi) is 5.25. The van der Waals surface area contributed by atoms with E-state index in [9.17, 15) is 4.39 Å². The fourth-order valence-electron chi connectivity index (χ4n) is 2.22. The van der Waals surface area contributed by atoms with Crippen LogP contribution in [0.4, 0.5) is 4.39 Å². The zero-order valence-corrected chi connectivity index (χ0v) is 13.2. The molecule has 0 radical (unpaired) electrons. The van der Waals surface area contributed by atoms with E-state index in [0.717, 1.165) is 23.4 Å². The molecule has 2 rings (SSSR count). The van der Waals surface area contributed by atoms with Crippen LogP contribution in [0.25, 0.3) is 0 Å². The molecule has 0 bridgehead atoms. The lowest BCUT2D eigenvalue weighted by Crippen LogP contribution is -2.25. The van der Waals surface area contributed by atoms with Crippen LogP contribution in [0.1, 0.15) is 31.3 Å². The zero-order chi connectivity index (χ0) is 14.5. The van der Waals surface area contributed by atoms with Gasteiger partial charge in [0.1, 0.15) is 18.0 Å². The van der Waals surface area contributed by atoms with Gasteiger partial charge in [-0.1, -0.05) is 28.9 Å². The van der Waals surface area contributed by atoms with Crippen molar-refractivity contribution in [3.63, 3.8) is 0 Å². The lowest BCUT2D eigenvalue weighted by atomic mass is 10.0. The van der Waals surface area contributed by atoms with E-state index < -0.39 is 0 Å². The smallest absolute Gasteiger partial charge is 0.138 e. The van der Waals surface area contributed by atoms with Gasteiger partial charge in [-0.15, -0.1) is 0 Å². The highest BCUT2D eigenvalue weighted by atomic mass is 79.9. The molecule has 2 aromatic rings. The monoisotopic (exact) mass is 340 g/mol. The minimum atomic E-state index is -0.215. The number of rotatable bonds is 6. The number of aromatic nitrogens is 3. The van der Waals surface area contributed by atoms with Crippen LogP contribution < -0.4 is 5.32 Å². The molecule has 0 amide bonds. The van der Waals surface area contributed by atoms with E-state index in [1.165, 1.54) is 6.07 Å². The quantitative estimate of drug-likeness (QED) is 0.878. The van der Waals surface area contributed by atoms with E-state index in [1.54, 1.807) is 12.4 Å². The zero-order valence-electron chi connectivity index (χ0n) is 11.6. The topological polar surface area (TPSA) is 42.7 Å². The van der Waals surface area contributed by atoms with Crippen molar-refractivity contribution >= 4 is 15.9 Å². The highest BCUT2D eigenvalue weighted by Crippen LogP contribution is 2.23. The number of nitrogens with zero attached hydrogens (tertiary/aromatic N) is 3. The summed E-state index contributed by atoms with van der Waals surface area (Å²) in [6.45, 7) is 5.55. The summed E-state index contributed by atoms with van der Waals surface area (Å²) < 4.78 is 16.7. The molecule has 0 fully saturated rings. The fraction of sp³-hybridized carbons (Fsp3) is 0.429. The Bertz CT molecular complexity index is 570. The van der Waals surface area contributed by atoms with Crippen LogP contribution in [0.15, 0.2) is 29.0 Å². The highest BCUT2D eigenvalue weighted by Gasteiger charge is 2.18. The third-order valence-corrected chi connectivity index (χ3v) is 3.66. The van der Waals surface area contributed by atoms with E-state index in [1.807, 2.05) is 24.6 Å². The Balaban J connectivity index is 2.27. The number of halogens is 2. The molecule has 20 heavy (non-hydrogen) atoms. The Hall–Kier alpha value is -1.27. The first-order chi connectivity index (χ1) is 9.65. The summed E-state index contributed by atoms with van der Waals surface area (Å²) in [7, 11) is 0. The van der Waals surface area contributed by atoms with Gasteiger partial charge in [0.15, 0.2) is 0 Å². The minimum absolute atomic E-state index is 0.109. The molecule has 1 unspecified atom stereocenters. The number of hydrogen-bond acceptors (Lipinski definition) is 3. The molecule has 0 saturated carbocycles. The molecule has 108 valence electrons. The predicted octanol–water partition coefficient (Wildman–Crippen LogP) is 3.09. The average Bonchev–Trinajstić information content (AvgIpc) is 2.85. The molecule has 0 spiro atoms. The van der Waals surface area contributed by atoms with Crippen molar-refractivity contribution in [2.75, 3.05) is 6.54 Å². The summed E-state index contributed by atoms with van der Waals surface area (Å²) >= 11 is 3.28. The van der Waals surface area contributed by atoms with Crippen molar-refractivity contribution in [1.82, 2.24) is 20.1 Å². The molecule has 1 atom stereocenters. The summed E-state index contributed by atoms with van der Waals surface area (Å²) in [5.74, 6) is 0.647. The maximum Gasteiger partial charge on any atom is 0.138 e. The molecule has 0 aliphatic carbocycles. The Morgan fingerprint density at radius 2 is 2.20 bits per heavy atom. The third-order valence-electron chi connectivity index (χ3n) is 3.17. The standard InChI is InChI=1S/C14H18BrFN4/c1-3-17-13(8-14-18-9-19-20(14)4-2)11-6-5-10(15)7-12(11)16/h5-7,9,13,17H,3-4,8H2,1-2H3. The van der Waals surface area contributed by atoms with Crippen LogP contribution in [0.2, 0.25) is 0 Å².